The molecule has 1 saturated carbocycles. The highest BCUT2D eigenvalue weighted by Crippen LogP contribution is 2.43. The summed E-state index contributed by atoms with van der Waals surface area (Å²) in [6.07, 6.45) is -7.11. The molecule has 0 aromatic rings. The Morgan fingerprint density at radius 1 is 1.13 bits per heavy atom. The topological polar surface area (TPSA) is 213 Å². The molecule has 222 valence electrons. The van der Waals surface area contributed by atoms with Crippen molar-refractivity contribution in [1.29, 1.82) is 0 Å². The van der Waals surface area contributed by atoms with E-state index < -0.39 is 67.6 Å². The van der Waals surface area contributed by atoms with Crippen LogP contribution in [0.15, 0.2) is 23.5 Å². The van der Waals surface area contributed by atoms with E-state index in [1.54, 1.807) is 6.92 Å². The number of hydrogen-bond donors (Lipinski definition) is 7. The molecule has 3 aliphatic rings. The van der Waals surface area contributed by atoms with Crippen molar-refractivity contribution in [3.05, 3.63) is 23.5 Å². The van der Waals surface area contributed by atoms with Gasteiger partial charge in [0.15, 0.2) is 6.29 Å². The van der Waals surface area contributed by atoms with Crippen molar-refractivity contribution in [3.63, 3.8) is 0 Å². The van der Waals surface area contributed by atoms with Gasteiger partial charge in [-0.25, -0.2) is 4.79 Å². The number of aliphatic hydroxyl groups excluding tert-OH is 6. The van der Waals surface area contributed by atoms with Crippen LogP contribution in [0.4, 0.5) is 0 Å². The van der Waals surface area contributed by atoms with Crippen LogP contribution in [-0.2, 0) is 28.5 Å². The van der Waals surface area contributed by atoms with E-state index in [1.165, 1.54) is 6.08 Å². The highest BCUT2D eigenvalue weighted by molar-refractivity contribution is 5.89. The first-order valence-electron chi connectivity index (χ1n) is 13.1. The molecule has 0 amide bonds. The van der Waals surface area contributed by atoms with E-state index in [1.807, 2.05) is 13.8 Å². The van der Waals surface area contributed by atoms with Crippen LogP contribution in [0.5, 0.6) is 0 Å². The molecule has 0 aromatic heterocycles. The van der Waals surface area contributed by atoms with Crippen molar-refractivity contribution >= 4 is 11.9 Å². The van der Waals surface area contributed by atoms with Gasteiger partial charge in [0.05, 0.1) is 24.9 Å². The number of ether oxygens (including phenoxy) is 4. The normalized spacial score (nSPS) is 40.6. The largest absolute Gasteiger partial charge is 0.478 e. The Hall–Kier alpha value is -2.10. The first-order valence-corrected chi connectivity index (χ1v) is 13.1. The van der Waals surface area contributed by atoms with Crippen LogP contribution < -0.4 is 0 Å². The molecule has 13 heteroatoms. The summed E-state index contributed by atoms with van der Waals surface area (Å²) in [5.41, 5.74) is -0.00326. The third-order valence-electron chi connectivity index (χ3n) is 8.25. The quantitative estimate of drug-likeness (QED) is 0.125. The van der Waals surface area contributed by atoms with Crippen molar-refractivity contribution in [2.75, 3.05) is 19.8 Å². The van der Waals surface area contributed by atoms with Gasteiger partial charge in [-0.1, -0.05) is 19.9 Å². The predicted molar refractivity (Wildman–Crippen MR) is 131 cm³/mol. The number of rotatable bonds is 10. The highest BCUT2D eigenvalue weighted by atomic mass is 16.8. The smallest absolute Gasteiger partial charge is 0.335 e. The van der Waals surface area contributed by atoms with Crippen molar-refractivity contribution < 1.29 is 64.3 Å². The van der Waals surface area contributed by atoms with Gasteiger partial charge in [-0.05, 0) is 37.0 Å². The van der Waals surface area contributed by atoms with E-state index in [9.17, 15) is 45.3 Å². The molecule has 0 bridgehead atoms. The summed E-state index contributed by atoms with van der Waals surface area (Å²) in [5, 5.41) is 69.0. The monoisotopic (exact) mass is 560 g/mol. The molecular formula is C26H40O13. The highest BCUT2D eigenvalue weighted by Gasteiger charge is 2.48. The van der Waals surface area contributed by atoms with E-state index in [4.69, 9.17) is 18.9 Å². The van der Waals surface area contributed by atoms with Gasteiger partial charge in [0.2, 0.25) is 6.29 Å². The summed E-state index contributed by atoms with van der Waals surface area (Å²) in [4.78, 5) is 25.1. The van der Waals surface area contributed by atoms with E-state index in [0.29, 0.717) is 6.42 Å². The molecule has 0 aromatic carbocycles. The minimum absolute atomic E-state index is 0.0484. The fourth-order valence-corrected chi connectivity index (χ4v) is 5.77. The molecule has 39 heavy (non-hydrogen) atoms. The van der Waals surface area contributed by atoms with Crippen LogP contribution in [0.1, 0.15) is 33.6 Å². The number of aliphatic hydroxyl groups is 6. The fourth-order valence-electron chi connectivity index (χ4n) is 5.77. The predicted octanol–water partition coefficient (Wildman–Crippen LogP) is -1.11. The Kier molecular flexibility index (Phi) is 10.9. The molecule has 0 unspecified atom stereocenters. The molecule has 0 spiro atoms. The molecule has 12 atom stereocenters. The second-order valence-electron chi connectivity index (χ2n) is 10.5. The average Bonchev–Trinajstić information content (AvgIpc) is 3.22. The fraction of sp³-hybridized carbons (Fsp3) is 0.769. The van der Waals surface area contributed by atoms with Gasteiger partial charge < -0.3 is 54.7 Å². The average molecular weight is 561 g/mol. The lowest BCUT2D eigenvalue weighted by atomic mass is 9.83. The summed E-state index contributed by atoms with van der Waals surface area (Å²) in [7, 11) is 0. The summed E-state index contributed by atoms with van der Waals surface area (Å²) < 4.78 is 22.2. The van der Waals surface area contributed by atoms with Crippen LogP contribution in [0.3, 0.4) is 0 Å². The number of aliphatic carboxylic acids is 1. The minimum atomic E-state index is -1.71. The van der Waals surface area contributed by atoms with Crippen molar-refractivity contribution in [2.45, 2.75) is 76.7 Å². The van der Waals surface area contributed by atoms with Crippen LogP contribution in [0, 0.1) is 29.6 Å². The molecule has 2 heterocycles. The number of carbonyl (C=O) groups is 2. The second-order valence-corrected chi connectivity index (χ2v) is 10.5. The number of hydrogen-bond acceptors (Lipinski definition) is 12. The molecule has 7 N–H and O–H groups in total. The van der Waals surface area contributed by atoms with E-state index in [-0.39, 0.29) is 54.5 Å². The van der Waals surface area contributed by atoms with Gasteiger partial charge in [-0.2, -0.15) is 0 Å². The first kappa shape index (κ1) is 31.4. The van der Waals surface area contributed by atoms with E-state index in [0.717, 1.165) is 6.26 Å². The molecule has 0 radical (unpaired) electrons. The van der Waals surface area contributed by atoms with Crippen molar-refractivity contribution in [3.8, 4) is 0 Å². The molecular weight excluding hydrogens is 520 g/mol. The first-order chi connectivity index (χ1) is 18.5. The zero-order chi connectivity index (χ0) is 29.0. The van der Waals surface area contributed by atoms with Crippen LogP contribution in [-0.4, -0.2) is 111 Å². The lowest BCUT2D eigenvalue weighted by molar-refractivity contribution is -0.327. The zero-order valence-electron chi connectivity index (χ0n) is 22.2. The van der Waals surface area contributed by atoms with Gasteiger partial charge in [-0.15, -0.1) is 0 Å². The SMILES string of the molecule is C/C=C1/[C@H](O[C@@H]2O[C@H](CO)[C@@H](O)[C@H](O)[C@H]2O)OC=C(C(=O)O)[C@H]1CC(=O)O[C@H]1C[C@@H]([C@@H](C)CO)[C@H](CO)[C@H]1C. The van der Waals surface area contributed by atoms with E-state index in [2.05, 4.69) is 0 Å². The van der Waals surface area contributed by atoms with Gasteiger partial charge in [0.1, 0.15) is 30.5 Å². The maximum absolute atomic E-state index is 13.1. The number of esters is 1. The number of carboxylic acids is 1. The maximum atomic E-state index is 13.1. The maximum Gasteiger partial charge on any atom is 0.335 e. The lowest BCUT2D eigenvalue weighted by Crippen LogP contribution is -2.60. The van der Waals surface area contributed by atoms with Crippen molar-refractivity contribution in [1.82, 2.24) is 0 Å². The Morgan fingerprint density at radius 2 is 1.82 bits per heavy atom. The molecule has 2 aliphatic heterocycles. The lowest BCUT2D eigenvalue weighted by Gasteiger charge is -2.41. The third-order valence-corrected chi connectivity index (χ3v) is 8.25. The van der Waals surface area contributed by atoms with Crippen LogP contribution >= 0.6 is 0 Å². The number of allylic oxidation sites excluding steroid dienone is 1. The molecule has 3 rings (SSSR count). The molecule has 1 saturated heterocycles. The zero-order valence-corrected chi connectivity index (χ0v) is 22.2. The van der Waals surface area contributed by atoms with Gasteiger partial charge >= 0.3 is 11.9 Å². The number of carbonyl (C=O) groups excluding carboxylic acids is 1. The van der Waals surface area contributed by atoms with Gasteiger partial charge in [0, 0.05) is 24.7 Å². The molecule has 1 aliphatic carbocycles. The molecule has 13 nitrogen and oxygen atoms in total. The Balaban J connectivity index is 1.75. The summed E-state index contributed by atoms with van der Waals surface area (Å²) in [6, 6.07) is 0. The summed E-state index contributed by atoms with van der Waals surface area (Å²) >= 11 is 0. The summed E-state index contributed by atoms with van der Waals surface area (Å²) in [5.74, 6) is -3.51. The Labute approximate surface area is 226 Å². The Morgan fingerprint density at radius 3 is 2.38 bits per heavy atom. The van der Waals surface area contributed by atoms with Gasteiger partial charge in [-0.3, -0.25) is 4.79 Å². The Bertz CT molecular complexity index is 918. The van der Waals surface area contributed by atoms with Crippen LogP contribution in [0.2, 0.25) is 0 Å². The third kappa shape index (κ3) is 6.63. The van der Waals surface area contributed by atoms with Gasteiger partial charge in [0.25, 0.3) is 0 Å². The second kappa shape index (κ2) is 13.5. The minimum Gasteiger partial charge on any atom is -0.478 e. The molecule has 2 fully saturated rings. The summed E-state index contributed by atoms with van der Waals surface area (Å²) in [6.45, 7) is 4.46. The van der Waals surface area contributed by atoms with Crippen molar-refractivity contribution in [2.24, 2.45) is 29.6 Å². The van der Waals surface area contributed by atoms with E-state index >= 15 is 0 Å². The number of carboxylic acid groups (broad SMARTS) is 1. The van der Waals surface area contributed by atoms with Crippen LogP contribution in [0.25, 0.3) is 0 Å². The standard InChI is InChI=1S/C26H40O13/c1-4-13-15(6-20(30)37-18-5-14(11(2)7-27)16(8-28)12(18)3)17(24(34)35)10-36-25(13)39-26-23(33)22(32)21(31)19(9-29)38-26/h4,10-12,14-16,18-19,21-23,25-29,31-33H,5-9H2,1-3H3,(H,34,35)/b13-4+/t11-,12+,14-,15-,16+,18-,19+,21+,22-,23+,25-,26-/m0/s1.